The van der Waals surface area contributed by atoms with E-state index in [2.05, 4.69) is 18.8 Å². The van der Waals surface area contributed by atoms with Crippen LogP contribution >= 0.6 is 0 Å². The van der Waals surface area contributed by atoms with Gasteiger partial charge in [-0.25, -0.2) is 0 Å². The Morgan fingerprint density at radius 2 is 2.24 bits per heavy atom. The minimum absolute atomic E-state index is 0.0209. The highest BCUT2D eigenvalue weighted by molar-refractivity contribution is 5.94. The molecular formula is C17H22N2O2. The van der Waals surface area contributed by atoms with Crippen molar-refractivity contribution in [1.29, 1.82) is 0 Å². The standard InChI is InChI=1S/C17H22N2O2/c1-12-9-15(12)11-19(2)17(20)14-6-7-16(21-3)13(10-14)5-4-8-18/h6-7,10,12,15H,8-9,11,18H2,1-3H3. The van der Waals surface area contributed by atoms with E-state index in [9.17, 15) is 4.79 Å². The van der Waals surface area contributed by atoms with E-state index in [1.165, 1.54) is 6.42 Å². The first kappa shape index (κ1) is 15.4. The van der Waals surface area contributed by atoms with Gasteiger partial charge >= 0.3 is 0 Å². The van der Waals surface area contributed by atoms with Crippen LogP contribution in [0, 0.1) is 23.7 Å². The lowest BCUT2D eigenvalue weighted by Gasteiger charge is -2.17. The Kier molecular flexibility index (Phi) is 4.87. The summed E-state index contributed by atoms with van der Waals surface area (Å²) >= 11 is 0. The molecule has 4 nitrogen and oxygen atoms in total. The van der Waals surface area contributed by atoms with Crippen molar-refractivity contribution in [2.75, 3.05) is 27.2 Å². The predicted octanol–water partition coefficient (Wildman–Crippen LogP) is 1.73. The van der Waals surface area contributed by atoms with Gasteiger partial charge in [-0.2, -0.15) is 0 Å². The SMILES string of the molecule is COc1ccc(C(=O)N(C)CC2CC2C)cc1C#CCN. The van der Waals surface area contributed by atoms with E-state index in [4.69, 9.17) is 10.5 Å². The highest BCUT2D eigenvalue weighted by Crippen LogP contribution is 2.38. The lowest BCUT2D eigenvalue weighted by Crippen LogP contribution is -2.29. The van der Waals surface area contributed by atoms with Crippen molar-refractivity contribution < 1.29 is 9.53 Å². The third-order valence-electron chi connectivity index (χ3n) is 3.90. The third-order valence-corrected chi connectivity index (χ3v) is 3.90. The van der Waals surface area contributed by atoms with Gasteiger partial charge in [0.15, 0.2) is 0 Å². The summed E-state index contributed by atoms with van der Waals surface area (Å²) < 4.78 is 5.26. The van der Waals surface area contributed by atoms with Crippen molar-refractivity contribution in [3.05, 3.63) is 29.3 Å². The molecule has 21 heavy (non-hydrogen) atoms. The van der Waals surface area contributed by atoms with Crippen molar-refractivity contribution in [2.24, 2.45) is 17.6 Å². The Balaban J connectivity index is 2.16. The molecule has 2 atom stereocenters. The molecule has 2 unspecified atom stereocenters. The smallest absolute Gasteiger partial charge is 0.253 e. The van der Waals surface area contributed by atoms with Gasteiger partial charge in [-0.15, -0.1) is 0 Å². The first-order chi connectivity index (χ1) is 10.1. The Morgan fingerprint density at radius 1 is 1.52 bits per heavy atom. The van der Waals surface area contributed by atoms with E-state index < -0.39 is 0 Å². The summed E-state index contributed by atoms with van der Waals surface area (Å²) in [5.74, 6) is 7.81. The van der Waals surface area contributed by atoms with Crippen LogP contribution in [-0.4, -0.2) is 38.1 Å². The van der Waals surface area contributed by atoms with E-state index in [0.717, 1.165) is 12.5 Å². The maximum absolute atomic E-state index is 12.5. The van der Waals surface area contributed by atoms with E-state index >= 15 is 0 Å². The second-order valence-electron chi connectivity index (χ2n) is 5.58. The summed E-state index contributed by atoms with van der Waals surface area (Å²) in [5, 5.41) is 0. The van der Waals surface area contributed by atoms with Crippen LogP contribution < -0.4 is 10.5 Å². The van der Waals surface area contributed by atoms with Gasteiger partial charge in [0.25, 0.3) is 5.91 Å². The van der Waals surface area contributed by atoms with E-state index in [0.29, 0.717) is 22.8 Å². The molecule has 2 N–H and O–H groups in total. The molecule has 1 aromatic rings. The van der Waals surface area contributed by atoms with Gasteiger partial charge in [0.05, 0.1) is 19.2 Å². The van der Waals surface area contributed by atoms with E-state index in [1.807, 2.05) is 7.05 Å². The van der Waals surface area contributed by atoms with Gasteiger partial charge in [-0.05, 0) is 36.5 Å². The van der Waals surface area contributed by atoms with Crippen molar-refractivity contribution >= 4 is 5.91 Å². The van der Waals surface area contributed by atoms with Crippen LogP contribution in [0.3, 0.4) is 0 Å². The monoisotopic (exact) mass is 286 g/mol. The number of nitrogens with two attached hydrogens (primary N) is 1. The summed E-state index contributed by atoms with van der Waals surface area (Å²) in [5.41, 5.74) is 6.73. The molecule has 0 aliphatic heterocycles. The molecule has 0 spiro atoms. The lowest BCUT2D eigenvalue weighted by atomic mass is 10.1. The van der Waals surface area contributed by atoms with Crippen molar-refractivity contribution in [3.8, 4) is 17.6 Å². The minimum Gasteiger partial charge on any atom is -0.495 e. The highest BCUT2D eigenvalue weighted by atomic mass is 16.5. The van der Waals surface area contributed by atoms with Gasteiger partial charge < -0.3 is 15.4 Å². The molecule has 2 rings (SSSR count). The molecule has 1 fully saturated rings. The number of rotatable bonds is 4. The first-order valence-corrected chi connectivity index (χ1v) is 7.19. The van der Waals surface area contributed by atoms with Crippen LogP contribution in [0.5, 0.6) is 5.75 Å². The van der Waals surface area contributed by atoms with Crippen LogP contribution in [0.4, 0.5) is 0 Å². The Labute approximate surface area is 126 Å². The Morgan fingerprint density at radius 3 is 2.81 bits per heavy atom. The predicted molar refractivity (Wildman–Crippen MR) is 83.2 cm³/mol. The summed E-state index contributed by atoms with van der Waals surface area (Å²) in [6, 6.07) is 5.33. The quantitative estimate of drug-likeness (QED) is 0.858. The summed E-state index contributed by atoms with van der Waals surface area (Å²) in [7, 11) is 3.44. The Bertz CT molecular complexity index is 586. The molecule has 1 aliphatic rings. The summed E-state index contributed by atoms with van der Waals surface area (Å²) in [6.45, 7) is 3.31. The number of nitrogens with zero attached hydrogens (tertiary/aromatic N) is 1. The van der Waals surface area contributed by atoms with Crippen LogP contribution in [-0.2, 0) is 0 Å². The Hall–Kier alpha value is -1.99. The molecule has 1 saturated carbocycles. The fraction of sp³-hybridized carbons (Fsp3) is 0.471. The van der Waals surface area contributed by atoms with E-state index in [1.54, 1.807) is 30.2 Å². The number of benzene rings is 1. The number of hydrogen-bond acceptors (Lipinski definition) is 3. The topological polar surface area (TPSA) is 55.6 Å². The number of hydrogen-bond donors (Lipinski definition) is 1. The molecule has 0 radical (unpaired) electrons. The fourth-order valence-corrected chi connectivity index (χ4v) is 2.39. The average Bonchev–Trinajstić information content (AvgIpc) is 3.18. The van der Waals surface area contributed by atoms with Crippen LogP contribution in [0.1, 0.15) is 29.3 Å². The maximum atomic E-state index is 12.5. The molecule has 0 heterocycles. The fourth-order valence-electron chi connectivity index (χ4n) is 2.39. The van der Waals surface area contributed by atoms with Gasteiger partial charge in [0.2, 0.25) is 0 Å². The minimum atomic E-state index is 0.0209. The second-order valence-corrected chi connectivity index (χ2v) is 5.58. The summed E-state index contributed by atoms with van der Waals surface area (Å²) in [4.78, 5) is 14.2. The number of amides is 1. The highest BCUT2D eigenvalue weighted by Gasteiger charge is 2.34. The third kappa shape index (κ3) is 3.77. The van der Waals surface area contributed by atoms with E-state index in [-0.39, 0.29) is 12.5 Å². The molecular weight excluding hydrogens is 264 g/mol. The molecule has 0 saturated heterocycles. The normalized spacial score (nSPS) is 19.4. The molecule has 1 aromatic carbocycles. The number of carbonyl (C=O) groups is 1. The van der Waals surface area contributed by atoms with Crippen LogP contribution in [0.15, 0.2) is 18.2 Å². The lowest BCUT2D eigenvalue weighted by molar-refractivity contribution is 0.0787. The van der Waals surface area contributed by atoms with Crippen molar-refractivity contribution in [2.45, 2.75) is 13.3 Å². The molecule has 4 heteroatoms. The molecule has 112 valence electrons. The molecule has 1 aliphatic carbocycles. The van der Waals surface area contributed by atoms with Crippen LogP contribution in [0.2, 0.25) is 0 Å². The van der Waals surface area contributed by atoms with Crippen molar-refractivity contribution in [3.63, 3.8) is 0 Å². The molecule has 1 amide bonds. The second kappa shape index (κ2) is 6.64. The van der Waals surface area contributed by atoms with Gasteiger partial charge in [0, 0.05) is 19.2 Å². The first-order valence-electron chi connectivity index (χ1n) is 7.19. The van der Waals surface area contributed by atoms with Gasteiger partial charge in [-0.1, -0.05) is 18.8 Å². The number of methoxy groups -OCH3 is 1. The number of ether oxygens (including phenoxy) is 1. The molecule has 0 aromatic heterocycles. The molecule has 0 bridgehead atoms. The largest absolute Gasteiger partial charge is 0.495 e. The number of carbonyl (C=O) groups excluding carboxylic acids is 1. The zero-order chi connectivity index (χ0) is 15.4. The average molecular weight is 286 g/mol. The van der Waals surface area contributed by atoms with Crippen molar-refractivity contribution in [1.82, 2.24) is 4.90 Å². The van der Waals surface area contributed by atoms with Gasteiger partial charge in [-0.3, -0.25) is 4.79 Å². The zero-order valence-electron chi connectivity index (χ0n) is 12.8. The summed E-state index contributed by atoms with van der Waals surface area (Å²) in [6.07, 6.45) is 1.22. The van der Waals surface area contributed by atoms with Crippen LogP contribution in [0.25, 0.3) is 0 Å². The van der Waals surface area contributed by atoms with Gasteiger partial charge in [0.1, 0.15) is 5.75 Å². The zero-order valence-corrected chi connectivity index (χ0v) is 12.8. The maximum Gasteiger partial charge on any atom is 0.253 e.